The normalized spacial score (nSPS) is 10.1. The maximum atomic E-state index is 9.50. The number of aromatic hydroxyl groups is 1. The predicted octanol–water partition coefficient (Wildman–Crippen LogP) is 0.829. The van der Waals surface area contributed by atoms with Crippen molar-refractivity contribution in [3.05, 3.63) is 23.8 Å². The molecule has 1 aromatic carbocycles. The van der Waals surface area contributed by atoms with Crippen molar-refractivity contribution < 1.29 is 9.84 Å². The Morgan fingerprint density at radius 3 is 2.88 bits per heavy atom. The van der Waals surface area contributed by atoms with Gasteiger partial charge < -0.3 is 15.2 Å². The molecule has 0 fully saturated rings. The minimum Gasteiger partial charge on any atom is -0.504 e. The summed E-state index contributed by atoms with van der Waals surface area (Å²) in [6, 6.07) is 4.98. The lowest BCUT2D eigenvalue weighted by atomic mass is 10.2. The van der Waals surface area contributed by atoms with Crippen LogP contribution in [0.5, 0.6) is 11.5 Å². The molecule has 3 N–H and O–H groups in total. The Hall–Kier alpha value is -1.82. The lowest BCUT2D eigenvalue weighted by Crippen LogP contribution is -2.28. The molecule has 0 atom stereocenters. The maximum absolute atomic E-state index is 9.50. The number of hydrogen-bond acceptors (Lipinski definition) is 4. The van der Waals surface area contributed by atoms with Crippen molar-refractivity contribution in [1.29, 1.82) is 0 Å². The summed E-state index contributed by atoms with van der Waals surface area (Å²) in [4.78, 5) is 0. The molecule has 6 heteroatoms. The van der Waals surface area contributed by atoms with Crippen molar-refractivity contribution in [2.24, 2.45) is 5.10 Å². The van der Waals surface area contributed by atoms with Gasteiger partial charge in [0.25, 0.3) is 0 Å². The first kappa shape index (κ1) is 12.3. The Balaban J connectivity index is 2.68. The number of nitrogens with zero attached hydrogens (tertiary/aromatic N) is 1. The van der Waals surface area contributed by atoms with Crippen LogP contribution in [0.15, 0.2) is 23.3 Å². The smallest absolute Gasteiger partial charge is 0.186 e. The topological polar surface area (TPSA) is 65.9 Å². The quantitative estimate of drug-likeness (QED) is 0.414. The molecule has 0 amide bonds. The van der Waals surface area contributed by atoms with E-state index in [0.29, 0.717) is 10.9 Å². The van der Waals surface area contributed by atoms with Crippen molar-refractivity contribution in [2.45, 2.75) is 0 Å². The van der Waals surface area contributed by atoms with Gasteiger partial charge in [0.15, 0.2) is 16.6 Å². The van der Waals surface area contributed by atoms with E-state index in [1.807, 2.05) is 0 Å². The third-order valence-electron chi connectivity index (χ3n) is 1.81. The van der Waals surface area contributed by atoms with Gasteiger partial charge in [0, 0.05) is 7.05 Å². The fourth-order valence-electron chi connectivity index (χ4n) is 1.01. The highest BCUT2D eigenvalue weighted by Gasteiger charge is 2.00. The van der Waals surface area contributed by atoms with E-state index in [-0.39, 0.29) is 5.75 Å². The van der Waals surface area contributed by atoms with E-state index in [9.17, 15) is 5.11 Å². The Morgan fingerprint density at radius 1 is 1.56 bits per heavy atom. The summed E-state index contributed by atoms with van der Waals surface area (Å²) in [5.41, 5.74) is 3.35. The lowest BCUT2D eigenvalue weighted by Gasteiger charge is -2.03. The molecule has 0 bridgehead atoms. The SMILES string of the molecule is CNC(=S)N/N=C/c1ccc(OC)c(O)c1. The van der Waals surface area contributed by atoms with Gasteiger partial charge in [-0.05, 0) is 36.0 Å². The average Bonchev–Trinajstić information content (AvgIpc) is 2.29. The number of nitrogens with one attached hydrogen (secondary N) is 2. The maximum Gasteiger partial charge on any atom is 0.186 e. The van der Waals surface area contributed by atoms with E-state index in [4.69, 9.17) is 17.0 Å². The van der Waals surface area contributed by atoms with E-state index >= 15 is 0 Å². The summed E-state index contributed by atoms with van der Waals surface area (Å²) >= 11 is 4.83. The molecule has 0 unspecified atom stereocenters. The number of phenols is 1. The van der Waals surface area contributed by atoms with Gasteiger partial charge >= 0.3 is 0 Å². The zero-order valence-corrected chi connectivity index (χ0v) is 9.84. The minimum absolute atomic E-state index is 0.0719. The summed E-state index contributed by atoms with van der Waals surface area (Å²) in [7, 11) is 3.19. The van der Waals surface area contributed by atoms with Crippen LogP contribution in [0.3, 0.4) is 0 Å². The highest BCUT2D eigenvalue weighted by atomic mass is 32.1. The summed E-state index contributed by atoms with van der Waals surface area (Å²) in [6.07, 6.45) is 1.54. The van der Waals surface area contributed by atoms with E-state index in [0.717, 1.165) is 5.56 Å². The first-order chi connectivity index (χ1) is 7.67. The zero-order valence-electron chi connectivity index (χ0n) is 9.02. The van der Waals surface area contributed by atoms with Gasteiger partial charge in [0.05, 0.1) is 13.3 Å². The third-order valence-corrected chi connectivity index (χ3v) is 2.11. The number of hydrogen-bond donors (Lipinski definition) is 3. The Morgan fingerprint density at radius 2 is 2.31 bits per heavy atom. The lowest BCUT2D eigenvalue weighted by molar-refractivity contribution is 0.373. The molecule has 0 heterocycles. The number of ether oxygens (including phenoxy) is 1. The summed E-state index contributed by atoms with van der Waals surface area (Å²) in [5, 5.41) is 16.5. The number of phenolic OH excluding ortho intramolecular Hbond substituents is 1. The van der Waals surface area contributed by atoms with Gasteiger partial charge in [-0.15, -0.1) is 0 Å². The monoisotopic (exact) mass is 239 g/mol. The molecule has 0 aliphatic carbocycles. The van der Waals surface area contributed by atoms with Crippen LogP contribution < -0.4 is 15.5 Å². The highest BCUT2D eigenvalue weighted by molar-refractivity contribution is 7.80. The highest BCUT2D eigenvalue weighted by Crippen LogP contribution is 2.25. The molecule has 1 rings (SSSR count). The van der Waals surface area contributed by atoms with Crippen molar-refractivity contribution in [3.63, 3.8) is 0 Å². The van der Waals surface area contributed by atoms with Crippen LogP contribution in [0.1, 0.15) is 5.56 Å². The van der Waals surface area contributed by atoms with E-state index < -0.39 is 0 Å². The summed E-state index contributed by atoms with van der Waals surface area (Å²) < 4.78 is 4.92. The number of thiocarbonyl (C=S) groups is 1. The summed E-state index contributed by atoms with van der Waals surface area (Å²) in [6.45, 7) is 0. The molecule has 0 spiro atoms. The molecule has 0 aliphatic heterocycles. The second kappa shape index (κ2) is 5.92. The van der Waals surface area contributed by atoms with Crippen LogP contribution in [0.4, 0.5) is 0 Å². The Kier molecular flexibility index (Phi) is 4.53. The second-order valence-corrected chi connectivity index (χ2v) is 3.29. The van der Waals surface area contributed by atoms with Gasteiger partial charge in [-0.2, -0.15) is 5.10 Å². The molecule has 0 saturated heterocycles. The molecule has 16 heavy (non-hydrogen) atoms. The van der Waals surface area contributed by atoms with Crippen LogP contribution in [-0.4, -0.2) is 30.6 Å². The molecular formula is C10H13N3O2S. The number of hydrazone groups is 1. The Labute approximate surface area is 99.1 Å². The molecule has 0 saturated carbocycles. The molecule has 5 nitrogen and oxygen atoms in total. The van der Waals surface area contributed by atoms with Gasteiger partial charge in [-0.3, -0.25) is 5.43 Å². The van der Waals surface area contributed by atoms with E-state index in [1.165, 1.54) is 7.11 Å². The molecule has 1 aromatic rings. The number of rotatable bonds is 3. The van der Waals surface area contributed by atoms with Crippen molar-refractivity contribution in [2.75, 3.05) is 14.2 Å². The predicted molar refractivity (Wildman–Crippen MR) is 67.0 cm³/mol. The van der Waals surface area contributed by atoms with Gasteiger partial charge in [0.2, 0.25) is 0 Å². The van der Waals surface area contributed by atoms with Crippen molar-refractivity contribution >= 4 is 23.5 Å². The first-order valence-electron chi connectivity index (χ1n) is 4.55. The van der Waals surface area contributed by atoms with Crippen LogP contribution in [0.2, 0.25) is 0 Å². The van der Waals surface area contributed by atoms with Gasteiger partial charge in [-0.1, -0.05) is 0 Å². The standard InChI is InChI=1S/C10H13N3O2S/c1-11-10(16)13-12-6-7-3-4-9(15-2)8(14)5-7/h3-6,14H,1-2H3,(H2,11,13,16)/b12-6+. The first-order valence-corrected chi connectivity index (χ1v) is 4.96. The van der Waals surface area contributed by atoms with Crippen LogP contribution in [-0.2, 0) is 0 Å². The molecule has 0 radical (unpaired) electrons. The summed E-state index contributed by atoms with van der Waals surface area (Å²) in [5.74, 6) is 0.499. The largest absolute Gasteiger partial charge is 0.504 e. The zero-order chi connectivity index (χ0) is 12.0. The van der Waals surface area contributed by atoms with Crippen LogP contribution in [0.25, 0.3) is 0 Å². The molecular weight excluding hydrogens is 226 g/mol. The van der Waals surface area contributed by atoms with E-state index in [2.05, 4.69) is 15.8 Å². The van der Waals surface area contributed by atoms with E-state index in [1.54, 1.807) is 31.5 Å². The Bertz CT molecular complexity index is 407. The average molecular weight is 239 g/mol. The fraction of sp³-hybridized carbons (Fsp3) is 0.200. The van der Waals surface area contributed by atoms with Crippen molar-refractivity contribution in [1.82, 2.24) is 10.7 Å². The fourth-order valence-corrected chi connectivity index (χ4v) is 1.06. The van der Waals surface area contributed by atoms with Gasteiger partial charge in [0.1, 0.15) is 0 Å². The number of benzene rings is 1. The van der Waals surface area contributed by atoms with Crippen LogP contribution in [0, 0.1) is 0 Å². The molecule has 0 aliphatic rings. The third kappa shape index (κ3) is 3.39. The minimum atomic E-state index is 0.0719. The van der Waals surface area contributed by atoms with Crippen molar-refractivity contribution in [3.8, 4) is 11.5 Å². The second-order valence-electron chi connectivity index (χ2n) is 2.88. The number of methoxy groups -OCH3 is 1. The van der Waals surface area contributed by atoms with Crippen LogP contribution >= 0.6 is 12.2 Å². The van der Waals surface area contributed by atoms with Gasteiger partial charge in [-0.25, -0.2) is 0 Å². The molecule has 86 valence electrons. The molecule has 0 aromatic heterocycles.